The van der Waals surface area contributed by atoms with Gasteiger partial charge in [-0.15, -0.1) is 0 Å². The first kappa shape index (κ1) is 26.8. The summed E-state index contributed by atoms with van der Waals surface area (Å²) >= 11 is 0. The number of carbonyl (C=O) groups is 2. The summed E-state index contributed by atoms with van der Waals surface area (Å²) in [6.07, 6.45) is 1.75. The monoisotopic (exact) mass is 534 g/mol. The Labute approximate surface area is 233 Å². The molecule has 0 unspecified atom stereocenters. The molecule has 1 heterocycles. The van der Waals surface area contributed by atoms with Gasteiger partial charge in [-0.1, -0.05) is 54.6 Å². The Morgan fingerprint density at radius 1 is 0.900 bits per heavy atom. The number of benzene rings is 4. The lowest BCUT2D eigenvalue weighted by atomic mass is 10.0. The molecule has 202 valence electrons. The molecular formula is C34H30O6. The van der Waals surface area contributed by atoms with Crippen LogP contribution in [0.1, 0.15) is 46.5 Å². The van der Waals surface area contributed by atoms with Gasteiger partial charge in [-0.05, 0) is 91.4 Å². The predicted molar refractivity (Wildman–Crippen MR) is 154 cm³/mol. The molecule has 0 aromatic heterocycles. The zero-order valence-electron chi connectivity index (χ0n) is 22.9. The fraction of sp³-hybridized carbons (Fsp3) is 0.176. The van der Waals surface area contributed by atoms with Crippen molar-refractivity contribution in [2.24, 2.45) is 0 Å². The van der Waals surface area contributed by atoms with Crippen molar-refractivity contribution in [3.63, 3.8) is 0 Å². The zero-order chi connectivity index (χ0) is 28.4. The molecule has 0 aliphatic carbocycles. The Balaban J connectivity index is 1.26. The molecule has 1 aliphatic rings. The van der Waals surface area contributed by atoms with E-state index < -0.39 is 11.6 Å². The molecule has 0 radical (unpaired) electrons. The summed E-state index contributed by atoms with van der Waals surface area (Å²) in [6, 6.07) is 27.1. The first-order valence-electron chi connectivity index (χ1n) is 13.0. The summed E-state index contributed by atoms with van der Waals surface area (Å²) in [5.41, 5.74) is 4.81. The highest BCUT2D eigenvalue weighted by Gasteiger charge is 2.31. The quantitative estimate of drug-likeness (QED) is 0.237. The molecule has 0 amide bonds. The van der Waals surface area contributed by atoms with Crippen LogP contribution >= 0.6 is 0 Å². The van der Waals surface area contributed by atoms with Crippen molar-refractivity contribution >= 4 is 17.8 Å². The van der Waals surface area contributed by atoms with Gasteiger partial charge in [0.1, 0.15) is 23.9 Å². The summed E-state index contributed by atoms with van der Waals surface area (Å²) in [6.45, 7) is 7.08. The van der Waals surface area contributed by atoms with E-state index in [0.717, 1.165) is 33.4 Å². The number of Topliss-reactive ketones (excluding diaryl/α,β-unsaturated/α-hetero) is 1. The van der Waals surface area contributed by atoms with Gasteiger partial charge in [-0.2, -0.15) is 0 Å². The number of fused-ring (bicyclic) bond motifs is 1. The van der Waals surface area contributed by atoms with Crippen LogP contribution in [0, 0.1) is 13.8 Å². The third kappa shape index (κ3) is 5.61. The number of ketones is 1. The predicted octanol–water partition coefficient (Wildman–Crippen LogP) is 7.41. The van der Waals surface area contributed by atoms with Gasteiger partial charge in [0, 0.05) is 6.07 Å². The minimum Gasteiger partial charge on any atom is -0.489 e. The van der Waals surface area contributed by atoms with E-state index in [9.17, 15) is 14.7 Å². The minimum atomic E-state index is -1.34. The van der Waals surface area contributed by atoms with Crippen molar-refractivity contribution in [2.75, 3.05) is 0 Å². The average molecular weight is 535 g/mol. The maximum atomic E-state index is 12.9. The second-order valence-corrected chi connectivity index (χ2v) is 10.4. The van der Waals surface area contributed by atoms with Crippen molar-refractivity contribution in [3.05, 3.63) is 119 Å². The number of hydrogen-bond acceptors (Lipinski definition) is 5. The van der Waals surface area contributed by atoms with Gasteiger partial charge in [0.25, 0.3) is 0 Å². The van der Waals surface area contributed by atoms with Gasteiger partial charge in [-0.25, -0.2) is 4.79 Å². The van der Waals surface area contributed by atoms with Gasteiger partial charge in [0.15, 0.2) is 11.4 Å². The Bertz CT molecular complexity index is 1590. The number of rotatable bonds is 8. The van der Waals surface area contributed by atoms with E-state index in [1.807, 2.05) is 68.4 Å². The SMILES string of the molecule is Cc1cc(COc2ccc3c(c2)O/C(=C\c2ccc(-c4ccccc4)cc2)C3=O)cc(C)c1OC(C)(C)C(=O)O. The first-order valence-corrected chi connectivity index (χ1v) is 13.0. The van der Waals surface area contributed by atoms with Crippen LogP contribution in [0.25, 0.3) is 17.2 Å². The molecule has 0 spiro atoms. The number of ether oxygens (including phenoxy) is 3. The van der Waals surface area contributed by atoms with Crippen LogP contribution in [-0.2, 0) is 11.4 Å². The van der Waals surface area contributed by atoms with Gasteiger partial charge < -0.3 is 19.3 Å². The van der Waals surface area contributed by atoms with Crippen LogP contribution in [0.5, 0.6) is 17.2 Å². The van der Waals surface area contributed by atoms with E-state index in [1.54, 1.807) is 24.3 Å². The highest BCUT2D eigenvalue weighted by atomic mass is 16.5. The van der Waals surface area contributed by atoms with Crippen LogP contribution in [0.3, 0.4) is 0 Å². The molecule has 0 saturated carbocycles. The summed E-state index contributed by atoms with van der Waals surface area (Å²) < 4.78 is 17.7. The zero-order valence-corrected chi connectivity index (χ0v) is 22.9. The lowest BCUT2D eigenvalue weighted by molar-refractivity contribution is -0.152. The smallest absolute Gasteiger partial charge is 0.347 e. The molecule has 4 aromatic rings. The minimum absolute atomic E-state index is 0.167. The van der Waals surface area contributed by atoms with Crippen LogP contribution in [-0.4, -0.2) is 22.5 Å². The van der Waals surface area contributed by atoms with Gasteiger partial charge >= 0.3 is 5.97 Å². The molecule has 0 bridgehead atoms. The third-order valence-corrected chi connectivity index (χ3v) is 6.75. The molecule has 0 fully saturated rings. The standard InChI is InChI=1S/C34H30O6/c1-21-16-24(17-22(2)32(21)40-34(3,4)33(36)37)20-38-27-14-15-28-29(19-27)39-30(31(28)35)18-23-10-12-26(13-11-23)25-8-6-5-7-9-25/h5-19H,20H2,1-4H3,(H,36,37)/b30-18-. The third-order valence-electron chi connectivity index (χ3n) is 6.75. The molecule has 5 rings (SSSR count). The van der Waals surface area contributed by atoms with E-state index >= 15 is 0 Å². The fourth-order valence-corrected chi connectivity index (χ4v) is 4.56. The van der Waals surface area contributed by atoms with Gasteiger partial charge in [0.05, 0.1) is 5.56 Å². The Morgan fingerprint density at radius 2 is 1.55 bits per heavy atom. The van der Waals surface area contributed by atoms with Gasteiger partial charge in [-0.3, -0.25) is 4.79 Å². The summed E-state index contributed by atoms with van der Waals surface area (Å²) in [5, 5.41) is 9.39. The molecule has 40 heavy (non-hydrogen) atoms. The number of aliphatic carboxylic acids is 1. The highest BCUT2D eigenvalue weighted by molar-refractivity contribution is 6.14. The maximum Gasteiger partial charge on any atom is 0.347 e. The average Bonchev–Trinajstić information content (AvgIpc) is 3.24. The van der Waals surface area contributed by atoms with Crippen LogP contribution in [0.4, 0.5) is 0 Å². The summed E-state index contributed by atoms with van der Waals surface area (Å²) in [5.74, 6) is 0.652. The second-order valence-electron chi connectivity index (χ2n) is 10.4. The van der Waals surface area contributed by atoms with Crippen molar-refractivity contribution in [1.29, 1.82) is 0 Å². The van der Waals surface area contributed by atoms with E-state index in [1.165, 1.54) is 13.8 Å². The van der Waals surface area contributed by atoms with E-state index in [4.69, 9.17) is 14.2 Å². The van der Waals surface area contributed by atoms with Crippen molar-refractivity contribution in [2.45, 2.75) is 39.9 Å². The molecular weight excluding hydrogens is 504 g/mol. The lowest BCUT2D eigenvalue weighted by Gasteiger charge is -2.24. The van der Waals surface area contributed by atoms with Crippen molar-refractivity contribution < 1.29 is 28.9 Å². The molecule has 4 aromatic carbocycles. The molecule has 1 aliphatic heterocycles. The van der Waals surface area contributed by atoms with E-state index in [0.29, 0.717) is 22.8 Å². The normalized spacial score (nSPS) is 13.6. The number of aryl methyl sites for hydroxylation is 2. The van der Waals surface area contributed by atoms with Crippen LogP contribution < -0.4 is 14.2 Å². The molecule has 1 N–H and O–H groups in total. The number of carboxylic acids is 1. The molecule has 0 saturated heterocycles. The molecule has 0 atom stereocenters. The molecule has 6 heteroatoms. The van der Waals surface area contributed by atoms with Crippen LogP contribution in [0.15, 0.2) is 90.7 Å². The summed E-state index contributed by atoms with van der Waals surface area (Å²) in [4.78, 5) is 24.4. The van der Waals surface area contributed by atoms with Crippen LogP contribution in [0.2, 0.25) is 0 Å². The molecule has 6 nitrogen and oxygen atoms in total. The van der Waals surface area contributed by atoms with E-state index in [2.05, 4.69) is 12.1 Å². The fourth-order valence-electron chi connectivity index (χ4n) is 4.56. The van der Waals surface area contributed by atoms with Gasteiger partial charge in [0.2, 0.25) is 5.78 Å². The van der Waals surface area contributed by atoms with Crippen molar-refractivity contribution in [3.8, 4) is 28.4 Å². The number of carbonyl (C=O) groups excluding carboxylic acids is 1. The lowest BCUT2D eigenvalue weighted by Crippen LogP contribution is -2.38. The van der Waals surface area contributed by atoms with Crippen molar-refractivity contribution in [1.82, 2.24) is 0 Å². The maximum absolute atomic E-state index is 12.9. The summed E-state index contributed by atoms with van der Waals surface area (Å²) in [7, 11) is 0. The Morgan fingerprint density at radius 3 is 2.20 bits per heavy atom. The second kappa shape index (κ2) is 10.7. The van der Waals surface area contributed by atoms with E-state index in [-0.39, 0.29) is 18.1 Å². The highest BCUT2D eigenvalue weighted by Crippen LogP contribution is 2.36. The number of hydrogen-bond donors (Lipinski definition) is 1. The number of carboxylic acid groups (broad SMARTS) is 1. The number of allylic oxidation sites excluding steroid dienone is 1. The Hall–Kier alpha value is -4.84. The Kier molecular flexibility index (Phi) is 7.18. The first-order chi connectivity index (χ1) is 19.1. The topological polar surface area (TPSA) is 82.1 Å². The largest absolute Gasteiger partial charge is 0.489 e.